The van der Waals surface area contributed by atoms with Crippen LogP contribution in [0.4, 0.5) is 11.4 Å². The zero-order chi connectivity index (χ0) is 20.7. The molecule has 0 aliphatic heterocycles. The van der Waals surface area contributed by atoms with Crippen molar-refractivity contribution in [1.29, 1.82) is 0 Å². The van der Waals surface area contributed by atoms with Crippen LogP contribution in [0.2, 0.25) is 0 Å². The fourth-order valence-corrected chi connectivity index (χ4v) is 3.76. The van der Waals surface area contributed by atoms with Crippen LogP contribution in [0.25, 0.3) is 0 Å². The molecule has 3 aromatic carbocycles. The van der Waals surface area contributed by atoms with Gasteiger partial charge in [0.25, 0.3) is 5.91 Å². The van der Waals surface area contributed by atoms with Gasteiger partial charge in [0.1, 0.15) is 0 Å². The summed E-state index contributed by atoms with van der Waals surface area (Å²) in [6.45, 7) is 2.16. The monoisotopic (exact) mass is 409 g/mol. The quantitative estimate of drug-likeness (QED) is 0.497. The highest BCUT2D eigenvalue weighted by atomic mass is 32.2. The van der Waals surface area contributed by atoms with E-state index in [4.69, 9.17) is 0 Å². The van der Waals surface area contributed by atoms with E-state index < -0.39 is 10.0 Å². The minimum absolute atomic E-state index is 0.0935. The van der Waals surface area contributed by atoms with Crippen LogP contribution in [0.1, 0.15) is 15.9 Å². The summed E-state index contributed by atoms with van der Waals surface area (Å²) in [7, 11) is -3.60. The molecule has 0 radical (unpaired) electrons. The maximum Gasteiger partial charge on any atom is 0.253 e. The van der Waals surface area contributed by atoms with Crippen molar-refractivity contribution in [1.82, 2.24) is 10.0 Å². The van der Waals surface area contributed by atoms with E-state index in [0.29, 0.717) is 11.3 Å². The second kappa shape index (κ2) is 9.36. The van der Waals surface area contributed by atoms with E-state index in [1.165, 1.54) is 0 Å². The van der Waals surface area contributed by atoms with Crippen LogP contribution < -0.4 is 15.4 Å². The predicted octanol–water partition coefficient (Wildman–Crippen LogP) is 3.45. The standard InChI is InChI=1S/C22H23N3O3S/c1-17-11-13-19(14-12-17)29(27,28)24-16-15-23-22(26)20-9-5-6-10-21(20)25-18-7-3-2-4-8-18/h2-14,24-25H,15-16H2,1H3,(H,23,26). The molecule has 0 aliphatic carbocycles. The Morgan fingerprint density at radius 2 is 1.48 bits per heavy atom. The first-order valence-corrected chi connectivity index (χ1v) is 10.7. The smallest absolute Gasteiger partial charge is 0.253 e. The molecular formula is C22H23N3O3S. The average molecular weight is 410 g/mol. The Morgan fingerprint density at radius 3 is 2.21 bits per heavy atom. The highest BCUT2D eigenvalue weighted by molar-refractivity contribution is 7.89. The van der Waals surface area contributed by atoms with Crippen LogP contribution in [0.5, 0.6) is 0 Å². The van der Waals surface area contributed by atoms with Gasteiger partial charge in [-0.05, 0) is 43.3 Å². The molecule has 3 aromatic rings. The molecule has 6 nitrogen and oxygen atoms in total. The number of rotatable bonds is 8. The third-order valence-electron chi connectivity index (χ3n) is 4.26. The molecule has 0 fully saturated rings. The van der Waals surface area contributed by atoms with Crippen molar-refractivity contribution in [2.24, 2.45) is 0 Å². The van der Waals surface area contributed by atoms with Gasteiger partial charge in [-0.3, -0.25) is 4.79 Å². The van der Waals surface area contributed by atoms with Crippen molar-refractivity contribution >= 4 is 27.3 Å². The number of anilines is 2. The SMILES string of the molecule is Cc1ccc(S(=O)(=O)NCCNC(=O)c2ccccc2Nc2ccccc2)cc1. The molecule has 150 valence electrons. The van der Waals surface area contributed by atoms with Crippen molar-refractivity contribution in [2.75, 3.05) is 18.4 Å². The summed E-state index contributed by atoms with van der Waals surface area (Å²) in [5, 5.41) is 5.97. The van der Waals surface area contributed by atoms with Crippen molar-refractivity contribution in [2.45, 2.75) is 11.8 Å². The van der Waals surface area contributed by atoms with Crippen molar-refractivity contribution in [3.63, 3.8) is 0 Å². The molecule has 3 rings (SSSR count). The van der Waals surface area contributed by atoms with E-state index in [0.717, 1.165) is 11.3 Å². The highest BCUT2D eigenvalue weighted by Gasteiger charge is 2.14. The summed E-state index contributed by atoms with van der Waals surface area (Å²) < 4.78 is 27.1. The molecule has 0 bridgehead atoms. The number of benzene rings is 3. The summed E-state index contributed by atoms with van der Waals surface area (Å²) >= 11 is 0. The van der Waals surface area contributed by atoms with Gasteiger partial charge < -0.3 is 10.6 Å². The lowest BCUT2D eigenvalue weighted by Gasteiger charge is -2.13. The first-order valence-electron chi connectivity index (χ1n) is 9.21. The van der Waals surface area contributed by atoms with Crippen LogP contribution in [0.3, 0.4) is 0 Å². The fraction of sp³-hybridized carbons (Fsp3) is 0.136. The third kappa shape index (κ3) is 5.66. The molecule has 7 heteroatoms. The van der Waals surface area contributed by atoms with Gasteiger partial charge >= 0.3 is 0 Å². The number of hydrogen-bond acceptors (Lipinski definition) is 4. The second-order valence-electron chi connectivity index (χ2n) is 6.50. The number of sulfonamides is 1. The van der Waals surface area contributed by atoms with Gasteiger partial charge in [0.15, 0.2) is 0 Å². The Kier molecular flexibility index (Phi) is 6.64. The summed E-state index contributed by atoms with van der Waals surface area (Å²) in [6.07, 6.45) is 0. The van der Waals surface area contributed by atoms with Gasteiger partial charge in [-0.2, -0.15) is 0 Å². The zero-order valence-electron chi connectivity index (χ0n) is 16.1. The third-order valence-corrected chi connectivity index (χ3v) is 5.74. The number of nitrogens with one attached hydrogen (secondary N) is 3. The maximum atomic E-state index is 12.6. The molecule has 0 aliphatic rings. The van der Waals surface area contributed by atoms with Gasteiger partial charge in [-0.1, -0.05) is 48.0 Å². The van der Waals surface area contributed by atoms with E-state index in [9.17, 15) is 13.2 Å². The van der Waals surface area contributed by atoms with Crippen LogP contribution in [0, 0.1) is 6.92 Å². The Bertz CT molecular complexity index is 1070. The van der Waals surface area contributed by atoms with Gasteiger partial charge in [0.2, 0.25) is 10.0 Å². The van der Waals surface area contributed by atoms with Gasteiger partial charge in [0.05, 0.1) is 16.1 Å². The first kappa shape index (κ1) is 20.6. The minimum Gasteiger partial charge on any atom is -0.355 e. The van der Waals surface area contributed by atoms with Crippen LogP contribution in [-0.4, -0.2) is 27.4 Å². The summed E-state index contributed by atoms with van der Waals surface area (Å²) in [5.74, 6) is -0.279. The summed E-state index contributed by atoms with van der Waals surface area (Å²) in [6, 6.07) is 23.3. The topological polar surface area (TPSA) is 87.3 Å². The van der Waals surface area contributed by atoms with Crippen LogP contribution in [0.15, 0.2) is 83.8 Å². The van der Waals surface area contributed by atoms with Gasteiger partial charge in [-0.25, -0.2) is 13.1 Å². The number of amides is 1. The zero-order valence-corrected chi connectivity index (χ0v) is 16.9. The van der Waals surface area contributed by atoms with Crippen LogP contribution >= 0.6 is 0 Å². The lowest BCUT2D eigenvalue weighted by Crippen LogP contribution is -2.34. The summed E-state index contributed by atoms with van der Waals surface area (Å²) in [4.78, 5) is 12.8. The van der Waals surface area contributed by atoms with Crippen molar-refractivity contribution < 1.29 is 13.2 Å². The normalized spacial score (nSPS) is 11.1. The lowest BCUT2D eigenvalue weighted by atomic mass is 10.1. The largest absolute Gasteiger partial charge is 0.355 e. The molecule has 3 N–H and O–H groups in total. The Morgan fingerprint density at radius 1 is 0.828 bits per heavy atom. The molecule has 0 saturated carbocycles. The molecular weight excluding hydrogens is 386 g/mol. The van der Waals surface area contributed by atoms with Crippen molar-refractivity contribution in [3.05, 3.63) is 90.0 Å². The molecule has 1 amide bonds. The number of hydrogen-bond donors (Lipinski definition) is 3. The molecule has 29 heavy (non-hydrogen) atoms. The second-order valence-corrected chi connectivity index (χ2v) is 8.27. The number of carbonyl (C=O) groups excluding carboxylic acids is 1. The fourth-order valence-electron chi connectivity index (χ4n) is 2.72. The molecule has 0 saturated heterocycles. The van der Waals surface area contributed by atoms with Crippen molar-refractivity contribution in [3.8, 4) is 0 Å². The molecule has 0 atom stereocenters. The number of aryl methyl sites for hydroxylation is 1. The molecule has 0 spiro atoms. The highest BCUT2D eigenvalue weighted by Crippen LogP contribution is 2.20. The van der Waals surface area contributed by atoms with E-state index in [2.05, 4.69) is 15.4 Å². The van der Waals surface area contributed by atoms with Crippen LogP contribution in [-0.2, 0) is 10.0 Å². The number of carbonyl (C=O) groups is 1. The van der Waals surface area contributed by atoms with Gasteiger partial charge in [-0.15, -0.1) is 0 Å². The lowest BCUT2D eigenvalue weighted by molar-refractivity contribution is 0.0955. The average Bonchev–Trinajstić information content (AvgIpc) is 2.72. The van der Waals surface area contributed by atoms with E-state index >= 15 is 0 Å². The Hall–Kier alpha value is -3.16. The Balaban J connectivity index is 1.57. The molecule has 0 heterocycles. The summed E-state index contributed by atoms with van der Waals surface area (Å²) in [5.41, 5.74) is 3.02. The first-order chi connectivity index (χ1) is 14.0. The van der Waals surface area contributed by atoms with E-state index in [1.54, 1.807) is 36.4 Å². The minimum atomic E-state index is -3.60. The maximum absolute atomic E-state index is 12.6. The predicted molar refractivity (Wildman–Crippen MR) is 115 cm³/mol. The van der Waals surface area contributed by atoms with Gasteiger partial charge in [0, 0.05) is 18.8 Å². The molecule has 0 unspecified atom stereocenters. The molecule has 0 aromatic heterocycles. The van der Waals surface area contributed by atoms with E-state index in [1.807, 2.05) is 49.4 Å². The van der Waals surface area contributed by atoms with E-state index in [-0.39, 0.29) is 23.9 Å². The number of para-hydroxylation sites is 2. The Labute approximate surface area is 171 Å².